The Balaban J connectivity index is 1.58. The number of hydrogen-bond acceptors (Lipinski definition) is 4. The molecule has 2 atom stereocenters. The summed E-state index contributed by atoms with van der Waals surface area (Å²) in [6.07, 6.45) is 2.61. The first-order chi connectivity index (χ1) is 14.0. The van der Waals surface area contributed by atoms with Crippen LogP contribution < -0.4 is 25.0 Å². The van der Waals surface area contributed by atoms with Gasteiger partial charge in [0.1, 0.15) is 0 Å². The number of benzene rings is 2. The SMILES string of the molecule is COc1ccc(NC(=S)N[C@H](C)c2ccc(N3CCC[C@@H](C)C3)cc2)cc1OC. The molecule has 29 heavy (non-hydrogen) atoms. The van der Waals surface area contributed by atoms with E-state index in [1.807, 2.05) is 18.2 Å². The molecule has 0 radical (unpaired) electrons. The zero-order chi connectivity index (χ0) is 20.8. The van der Waals surface area contributed by atoms with Crippen molar-refractivity contribution in [3.8, 4) is 11.5 Å². The molecule has 0 aliphatic carbocycles. The minimum Gasteiger partial charge on any atom is -0.493 e. The van der Waals surface area contributed by atoms with Gasteiger partial charge in [-0.1, -0.05) is 19.1 Å². The number of anilines is 2. The molecule has 2 aromatic carbocycles. The lowest BCUT2D eigenvalue weighted by Crippen LogP contribution is -2.34. The molecule has 1 aliphatic rings. The van der Waals surface area contributed by atoms with Crippen molar-refractivity contribution in [1.82, 2.24) is 5.32 Å². The largest absolute Gasteiger partial charge is 0.493 e. The van der Waals surface area contributed by atoms with Gasteiger partial charge in [-0.3, -0.25) is 0 Å². The smallest absolute Gasteiger partial charge is 0.171 e. The number of hydrogen-bond donors (Lipinski definition) is 2. The van der Waals surface area contributed by atoms with Gasteiger partial charge in [-0.05, 0) is 67.7 Å². The fraction of sp³-hybridized carbons (Fsp3) is 0.435. The molecule has 2 N–H and O–H groups in total. The Labute approximate surface area is 179 Å². The zero-order valence-electron chi connectivity index (χ0n) is 17.7. The van der Waals surface area contributed by atoms with E-state index in [9.17, 15) is 0 Å². The van der Waals surface area contributed by atoms with Gasteiger partial charge in [0.15, 0.2) is 16.6 Å². The summed E-state index contributed by atoms with van der Waals surface area (Å²) in [5.41, 5.74) is 3.36. The summed E-state index contributed by atoms with van der Waals surface area (Å²) >= 11 is 5.49. The monoisotopic (exact) mass is 413 g/mol. The Hall–Kier alpha value is -2.47. The molecule has 156 valence electrons. The molecule has 5 nitrogen and oxygen atoms in total. The van der Waals surface area contributed by atoms with Crippen molar-refractivity contribution in [3.05, 3.63) is 48.0 Å². The minimum atomic E-state index is 0.101. The molecule has 1 saturated heterocycles. The van der Waals surface area contributed by atoms with E-state index in [1.165, 1.54) is 24.1 Å². The second kappa shape index (κ2) is 9.83. The van der Waals surface area contributed by atoms with Gasteiger partial charge in [0.05, 0.1) is 20.3 Å². The third-order valence-electron chi connectivity index (χ3n) is 5.40. The van der Waals surface area contributed by atoms with Crippen molar-refractivity contribution < 1.29 is 9.47 Å². The van der Waals surface area contributed by atoms with Gasteiger partial charge in [-0.2, -0.15) is 0 Å². The van der Waals surface area contributed by atoms with E-state index in [-0.39, 0.29) is 6.04 Å². The number of piperidine rings is 1. The molecule has 0 unspecified atom stereocenters. The summed E-state index contributed by atoms with van der Waals surface area (Å²) in [5, 5.41) is 7.13. The fourth-order valence-electron chi connectivity index (χ4n) is 3.76. The Morgan fingerprint density at radius 2 is 1.83 bits per heavy atom. The van der Waals surface area contributed by atoms with Crippen LogP contribution in [0.25, 0.3) is 0 Å². The summed E-state index contributed by atoms with van der Waals surface area (Å²) in [5.74, 6) is 2.12. The van der Waals surface area contributed by atoms with Gasteiger partial charge in [0, 0.05) is 30.5 Å². The van der Waals surface area contributed by atoms with Crippen LogP contribution in [0.4, 0.5) is 11.4 Å². The predicted octanol–water partition coefficient (Wildman–Crippen LogP) is 4.99. The van der Waals surface area contributed by atoms with Crippen molar-refractivity contribution in [3.63, 3.8) is 0 Å². The van der Waals surface area contributed by atoms with Gasteiger partial charge in [0.25, 0.3) is 0 Å². The van der Waals surface area contributed by atoms with E-state index in [0.717, 1.165) is 24.7 Å². The quantitative estimate of drug-likeness (QED) is 0.651. The van der Waals surface area contributed by atoms with Crippen LogP contribution >= 0.6 is 12.2 Å². The van der Waals surface area contributed by atoms with E-state index in [1.54, 1.807) is 14.2 Å². The third-order valence-corrected chi connectivity index (χ3v) is 5.62. The Morgan fingerprint density at radius 1 is 1.10 bits per heavy atom. The van der Waals surface area contributed by atoms with Gasteiger partial charge >= 0.3 is 0 Å². The van der Waals surface area contributed by atoms with Crippen LogP contribution in [0.3, 0.4) is 0 Å². The average molecular weight is 414 g/mol. The summed E-state index contributed by atoms with van der Waals surface area (Å²) in [7, 11) is 3.24. The first-order valence-corrected chi connectivity index (χ1v) is 10.6. The summed E-state index contributed by atoms with van der Waals surface area (Å²) in [6.45, 7) is 6.74. The van der Waals surface area contributed by atoms with Gasteiger partial charge in [-0.25, -0.2) is 0 Å². The number of rotatable bonds is 6. The lowest BCUT2D eigenvalue weighted by atomic mass is 9.99. The molecule has 1 heterocycles. The number of ether oxygens (including phenoxy) is 2. The molecule has 0 amide bonds. The molecule has 3 rings (SSSR count). The fourth-order valence-corrected chi connectivity index (χ4v) is 4.05. The first-order valence-electron chi connectivity index (χ1n) is 10.1. The number of nitrogens with zero attached hydrogens (tertiary/aromatic N) is 1. The number of methoxy groups -OCH3 is 2. The van der Waals surface area contributed by atoms with E-state index in [4.69, 9.17) is 21.7 Å². The van der Waals surface area contributed by atoms with Gasteiger partial charge in [0.2, 0.25) is 0 Å². The second-order valence-corrected chi connectivity index (χ2v) is 8.08. The van der Waals surface area contributed by atoms with E-state index >= 15 is 0 Å². The molecule has 0 spiro atoms. The van der Waals surface area contributed by atoms with Crippen LogP contribution in [0.15, 0.2) is 42.5 Å². The standard InChI is InChI=1S/C23H31N3O2S/c1-16-6-5-13-26(15-16)20-10-7-18(8-11-20)17(2)24-23(29)25-19-9-12-21(27-3)22(14-19)28-4/h7-12,14,16-17H,5-6,13,15H2,1-4H3,(H2,24,25,29)/t16-,17-/m1/s1. The lowest BCUT2D eigenvalue weighted by Gasteiger charge is -2.33. The number of thiocarbonyl (C=S) groups is 1. The predicted molar refractivity (Wildman–Crippen MR) is 124 cm³/mol. The van der Waals surface area contributed by atoms with Crippen LogP contribution in [0, 0.1) is 5.92 Å². The van der Waals surface area contributed by atoms with Crippen molar-refractivity contribution >= 4 is 28.7 Å². The van der Waals surface area contributed by atoms with E-state index < -0.39 is 0 Å². The van der Waals surface area contributed by atoms with Crippen LogP contribution in [0.5, 0.6) is 11.5 Å². The molecular weight excluding hydrogens is 382 g/mol. The highest BCUT2D eigenvalue weighted by molar-refractivity contribution is 7.80. The van der Waals surface area contributed by atoms with Crippen molar-refractivity contribution in [2.45, 2.75) is 32.7 Å². The van der Waals surface area contributed by atoms with Crippen LogP contribution in [0.2, 0.25) is 0 Å². The molecule has 0 aromatic heterocycles. The van der Waals surface area contributed by atoms with E-state index in [2.05, 4.69) is 53.6 Å². The minimum absolute atomic E-state index is 0.101. The molecule has 6 heteroatoms. The number of nitrogens with one attached hydrogen (secondary N) is 2. The molecule has 0 bridgehead atoms. The Kier molecular flexibility index (Phi) is 7.20. The summed E-state index contributed by atoms with van der Waals surface area (Å²) in [6, 6.07) is 14.5. The first kappa shape index (κ1) is 21.2. The maximum absolute atomic E-state index is 5.49. The molecule has 2 aromatic rings. The average Bonchev–Trinajstić information content (AvgIpc) is 2.73. The maximum atomic E-state index is 5.49. The molecule has 1 fully saturated rings. The highest BCUT2D eigenvalue weighted by Gasteiger charge is 2.17. The molecule has 1 aliphatic heterocycles. The zero-order valence-corrected chi connectivity index (χ0v) is 18.5. The van der Waals surface area contributed by atoms with Crippen molar-refractivity contribution in [2.75, 3.05) is 37.5 Å². The normalized spacial score (nSPS) is 17.4. The van der Waals surface area contributed by atoms with Gasteiger partial charge in [-0.15, -0.1) is 0 Å². The Bertz CT molecular complexity index is 825. The lowest BCUT2D eigenvalue weighted by molar-refractivity contribution is 0.355. The van der Waals surface area contributed by atoms with Crippen molar-refractivity contribution in [1.29, 1.82) is 0 Å². The summed E-state index contributed by atoms with van der Waals surface area (Å²) < 4.78 is 10.6. The van der Waals surface area contributed by atoms with E-state index in [0.29, 0.717) is 16.6 Å². The van der Waals surface area contributed by atoms with Crippen LogP contribution in [-0.4, -0.2) is 32.4 Å². The van der Waals surface area contributed by atoms with Crippen molar-refractivity contribution in [2.24, 2.45) is 5.92 Å². The van der Waals surface area contributed by atoms with Crippen LogP contribution in [0.1, 0.15) is 38.3 Å². The topological polar surface area (TPSA) is 45.8 Å². The highest BCUT2D eigenvalue weighted by atomic mass is 32.1. The molecule has 0 saturated carbocycles. The van der Waals surface area contributed by atoms with Crippen LogP contribution in [-0.2, 0) is 0 Å². The third kappa shape index (κ3) is 5.54. The summed E-state index contributed by atoms with van der Waals surface area (Å²) in [4.78, 5) is 2.49. The van der Waals surface area contributed by atoms with Gasteiger partial charge < -0.3 is 25.0 Å². The molecular formula is C23H31N3O2S. The highest BCUT2D eigenvalue weighted by Crippen LogP contribution is 2.30. The second-order valence-electron chi connectivity index (χ2n) is 7.67. The maximum Gasteiger partial charge on any atom is 0.171 e. The Morgan fingerprint density at radius 3 is 2.48 bits per heavy atom.